The quantitative estimate of drug-likeness (QED) is 0.784. The second-order valence-electron chi connectivity index (χ2n) is 2.78. The van der Waals surface area contributed by atoms with E-state index in [2.05, 4.69) is 25.9 Å². The van der Waals surface area contributed by atoms with Crippen LogP contribution < -0.4 is 0 Å². The molecule has 0 spiro atoms. The van der Waals surface area contributed by atoms with Crippen LogP contribution in [-0.4, -0.2) is 20.8 Å². The van der Waals surface area contributed by atoms with E-state index < -0.39 is 5.82 Å². The number of hydrogen-bond acceptors (Lipinski definition) is 3. The lowest BCUT2D eigenvalue weighted by atomic mass is 10.4. The van der Waals surface area contributed by atoms with Gasteiger partial charge in [-0.15, -0.1) is 0 Å². The molecule has 0 radical (unpaired) electrons. The van der Waals surface area contributed by atoms with Crippen LogP contribution in [0.2, 0.25) is 0 Å². The summed E-state index contributed by atoms with van der Waals surface area (Å²) in [5.41, 5.74) is 0.235. The molecule has 2 aromatic heterocycles. The molecule has 6 heteroatoms. The molecule has 0 aliphatic rings. The van der Waals surface area contributed by atoms with Crippen molar-refractivity contribution in [3.8, 4) is 5.82 Å². The average molecular weight is 270 g/mol. The molecular formula is C9H5BrFN3O. The van der Waals surface area contributed by atoms with Crippen molar-refractivity contribution in [2.45, 2.75) is 0 Å². The molecule has 15 heavy (non-hydrogen) atoms. The maximum absolute atomic E-state index is 13.4. The normalized spacial score (nSPS) is 10.3. The Morgan fingerprint density at radius 1 is 1.47 bits per heavy atom. The van der Waals surface area contributed by atoms with Crippen LogP contribution in [0.1, 0.15) is 10.5 Å². The monoisotopic (exact) mass is 269 g/mol. The fraction of sp³-hybridized carbons (Fsp3) is 0. The summed E-state index contributed by atoms with van der Waals surface area (Å²) in [6, 6.07) is 1.29. The molecule has 2 rings (SSSR count). The highest BCUT2D eigenvalue weighted by Gasteiger charge is 2.07. The fourth-order valence-corrected chi connectivity index (χ4v) is 1.42. The van der Waals surface area contributed by atoms with Crippen LogP contribution in [-0.2, 0) is 0 Å². The van der Waals surface area contributed by atoms with Crippen LogP contribution in [0.25, 0.3) is 5.82 Å². The van der Waals surface area contributed by atoms with E-state index >= 15 is 0 Å². The number of carbonyl (C=O) groups is 1. The van der Waals surface area contributed by atoms with Gasteiger partial charge in [0.25, 0.3) is 0 Å². The molecule has 0 amide bonds. The summed E-state index contributed by atoms with van der Waals surface area (Å²) >= 11 is 3.10. The van der Waals surface area contributed by atoms with Gasteiger partial charge in [-0.25, -0.2) is 14.4 Å². The number of imidazole rings is 1. The zero-order chi connectivity index (χ0) is 10.8. The van der Waals surface area contributed by atoms with Crippen LogP contribution in [0.4, 0.5) is 4.39 Å². The first-order valence-electron chi connectivity index (χ1n) is 4.01. The van der Waals surface area contributed by atoms with Gasteiger partial charge in [-0.1, -0.05) is 0 Å². The lowest BCUT2D eigenvalue weighted by Gasteiger charge is -2.01. The van der Waals surface area contributed by atoms with Crippen LogP contribution in [0.5, 0.6) is 0 Å². The van der Waals surface area contributed by atoms with Crippen LogP contribution in [0.3, 0.4) is 0 Å². The van der Waals surface area contributed by atoms with Gasteiger partial charge in [0.15, 0.2) is 17.9 Å². The highest BCUT2D eigenvalue weighted by molar-refractivity contribution is 9.10. The van der Waals surface area contributed by atoms with Crippen molar-refractivity contribution in [2.24, 2.45) is 0 Å². The van der Waals surface area contributed by atoms with Gasteiger partial charge in [0.1, 0.15) is 12.0 Å². The Balaban J connectivity index is 2.49. The topological polar surface area (TPSA) is 47.8 Å². The highest BCUT2D eigenvalue weighted by atomic mass is 79.9. The Morgan fingerprint density at radius 3 is 2.87 bits per heavy atom. The van der Waals surface area contributed by atoms with Gasteiger partial charge in [-0.2, -0.15) is 0 Å². The largest absolute Gasteiger partial charge is 0.296 e. The maximum atomic E-state index is 13.4. The predicted molar refractivity (Wildman–Crippen MR) is 54.4 cm³/mol. The third kappa shape index (κ3) is 1.94. The molecule has 0 aromatic carbocycles. The van der Waals surface area contributed by atoms with E-state index in [0.29, 0.717) is 10.8 Å². The Labute approximate surface area is 92.9 Å². The summed E-state index contributed by atoms with van der Waals surface area (Å²) in [7, 11) is 0. The number of pyridine rings is 1. The number of nitrogens with zero attached hydrogens (tertiary/aromatic N) is 3. The zero-order valence-electron chi connectivity index (χ0n) is 7.39. The van der Waals surface area contributed by atoms with E-state index in [-0.39, 0.29) is 11.5 Å². The predicted octanol–water partition coefficient (Wildman–Crippen LogP) is 1.98. The van der Waals surface area contributed by atoms with E-state index in [4.69, 9.17) is 0 Å². The summed E-state index contributed by atoms with van der Waals surface area (Å²) in [6.45, 7) is 0. The first-order valence-corrected chi connectivity index (χ1v) is 4.80. The number of hydrogen-bond donors (Lipinski definition) is 0. The minimum absolute atomic E-state index is 0.110. The highest BCUT2D eigenvalue weighted by Crippen LogP contribution is 2.15. The molecule has 0 saturated carbocycles. The Bertz CT molecular complexity index is 512. The first-order chi connectivity index (χ1) is 7.20. The lowest BCUT2D eigenvalue weighted by Crippen LogP contribution is -1.98. The minimum atomic E-state index is -0.487. The van der Waals surface area contributed by atoms with Crippen molar-refractivity contribution in [1.29, 1.82) is 0 Å². The second kappa shape index (κ2) is 3.90. The second-order valence-corrected chi connectivity index (χ2v) is 3.70. The summed E-state index contributed by atoms with van der Waals surface area (Å²) in [4.78, 5) is 18.0. The molecule has 2 heterocycles. The van der Waals surface area contributed by atoms with E-state index in [1.807, 2.05) is 0 Å². The van der Waals surface area contributed by atoms with Gasteiger partial charge in [0.05, 0.1) is 0 Å². The molecular weight excluding hydrogens is 265 g/mol. The molecule has 0 bridgehead atoms. The minimum Gasteiger partial charge on any atom is -0.296 e. The number of aromatic nitrogens is 3. The number of halogens is 2. The van der Waals surface area contributed by atoms with Crippen LogP contribution in [0, 0.1) is 5.82 Å². The molecule has 0 aliphatic carbocycles. The van der Waals surface area contributed by atoms with Crippen molar-refractivity contribution in [2.75, 3.05) is 0 Å². The van der Waals surface area contributed by atoms with Crippen LogP contribution in [0.15, 0.2) is 29.3 Å². The molecule has 0 atom stereocenters. The van der Waals surface area contributed by atoms with Crippen molar-refractivity contribution < 1.29 is 9.18 Å². The molecule has 0 unspecified atom stereocenters. The Kier molecular flexibility index (Phi) is 2.59. The molecule has 0 saturated heterocycles. The number of aldehydes is 1. The third-order valence-electron chi connectivity index (χ3n) is 1.76. The van der Waals surface area contributed by atoms with Crippen molar-refractivity contribution in [1.82, 2.24) is 14.5 Å². The van der Waals surface area contributed by atoms with Gasteiger partial charge < -0.3 is 0 Å². The van der Waals surface area contributed by atoms with Crippen molar-refractivity contribution >= 4 is 22.2 Å². The van der Waals surface area contributed by atoms with Gasteiger partial charge in [0.2, 0.25) is 0 Å². The molecule has 76 valence electrons. The van der Waals surface area contributed by atoms with Gasteiger partial charge in [-0.3, -0.25) is 9.36 Å². The van der Waals surface area contributed by atoms with E-state index in [1.165, 1.54) is 29.4 Å². The summed E-state index contributed by atoms with van der Waals surface area (Å²) in [5.74, 6) is -0.377. The Hall–Kier alpha value is -1.56. The first kappa shape index (κ1) is 9.97. The number of carbonyl (C=O) groups excluding carboxylic acids is 1. The smallest absolute Gasteiger partial charge is 0.174 e. The van der Waals surface area contributed by atoms with E-state index in [0.717, 1.165) is 0 Å². The molecule has 0 aliphatic heterocycles. The zero-order valence-corrected chi connectivity index (χ0v) is 8.98. The van der Waals surface area contributed by atoms with E-state index in [9.17, 15) is 9.18 Å². The Morgan fingerprint density at radius 2 is 2.27 bits per heavy atom. The molecule has 0 N–H and O–H groups in total. The lowest BCUT2D eigenvalue weighted by molar-refractivity contribution is 0.111. The van der Waals surface area contributed by atoms with Gasteiger partial charge in [-0.05, 0) is 22.0 Å². The summed E-state index contributed by atoms with van der Waals surface area (Å²) in [6.07, 6.45) is 4.81. The molecule has 0 fully saturated rings. The average Bonchev–Trinajstić information content (AvgIpc) is 2.66. The van der Waals surface area contributed by atoms with Crippen molar-refractivity contribution in [3.63, 3.8) is 0 Å². The van der Waals surface area contributed by atoms with Gasteiger partial charge in [0, 0.05) is 16.9 Å². The third-order valence-corrected chi connectivity index (χ3v) is 2.19. The maximum Gasteiger partial charge on any atom is 0.174 e. The van der Waals surface area contributed by atoms with E-state index in [1.54, 1.807) is 0 Å². The van der Waals surface area contributed by atoms with Crippen LogP contribution >= 0.6 is 15.9 Å². The molecule has 4 nitrogen and oxygen atoms in total. The standard InChI is InChI=1S/C9H5BrFN3O/c10-6-1-8(11)9(12-2-6)14-3-7(4-15)13-5-14/h1-5H. The fourth-order valence-electron chi connectivity index (χ4n) is 1.11. The summed E-state index contributed by atoms with van der Waals surface area (Å²) < 4.78 is 15.3. The molecule has 2 aromatic rings. The van der Waals surface area contributed by atoms with Gasteiger partial charge >= 0.3 is 0 Å². The SMILES string of the molecule is O=Cc1cn(-c2ncc(Br)cc2F)cn1. The van der Waals surface area contributed by atoms with Crippen molar-refractivity contribution in [3.05, 3.63) is 40.8 Å². The summed E-state index contributed by atoms with van der Waals surface area (Å²) in [5, 5.41) is 0. The number of rotatable bonds is 2.